The van der Waals surface area contributed by atoms with Crippen molar-refractivity contribution >= 4 is 23.3 Å². The molecule has 0 bridgehead atoms. The van der Waals surface area contributed by atoms with Crippen molar-refractivity contribution in [1.82, 2.24) is 9.80 Å². The van der Waals surface area contributed by atoms with E-state index in [-0.39, 0.29) is 37.4 Å². The van der Waals surface area contributed by atoms with Crippen LogP contribution >= 0.6 is 0 Å². The van der Waals surface area contributed by atoms with E-state index in [9.17, 15) is 14.7 Å². The first-order valence-corrected chi connectivity index (χ1v) is 17.7. The van der Waals surface area contributed by atoms with Crippen LogP contribution in [0.1, 0.15) is 82.5 Å². The highest BCUT2D eigenvalue weighted by atomic mass is 16.7. The Hall–Kier alpha value is -3.54. The quantitative estimate of drug-likeness (QED) is 0.297. The summed E-state index contributed by atoms with van der Waals surface area (Å²) in [5.74, 6) is 2.11. The standard InChI is InChI=1S/C37H54N4O7/c1-25-20-41(26(2)23-42)36(43)31-18-29(38-37(44)39-30-14-16-33-34(19-30)47-24-46-33)13-15-32(31)48-27(3)10-8-9-17-45-35(25)22-40(4)21-28-11-6-5-7-12-28/h13-16,18-19,25-28,35,42H,5-12,17,20-24H2,1-4H3,(H2,38,39,44)/t25-,26-,27-,35+/m1/s1. The van der Waals surface area contributed by atoms with Gasteiger partial charge in [0.2, 0.25) is 6.79 Å². The van der Waals surface area contributed by atoms with Crippen LogP contribution in [-0.2, 0) is 4.74 Å². The fourth-order valence-electron chi connectivity index (χ4n) is 6.92. The topological polar surface area (TPSA) is 122 Å². The number of nitrogens with one attached hydrogen (secondary N) is 2. The third kappa shape index (κ3) is 9.76. The molecule has 1 aliphatic carbocycles. The predicted octanol–water partition coefficient (Wildman–Crippen LogP) is 6.37. The number of hydrogen-bond acceptors (Lipinski definition) is 8. The zero-order valence-corrected chi connectivity index (χ0v) is 29.0. The number of carbonyl (C=O) groups excluding carboxylic acids is 2. The molecule has 0 unspecified atom stereocenters. The van der Waals surface area contributed by atoms with Gasteiger partial charge in [-0.15, -0.1) is 0 Å². The molecule has 2 aliphatic heterocycles. The number of nitrogens with zero attached hydrogens (tertiary/aromatic N) is 2. The highest BCUT2D eigenvalue weighted by Gasteiger charge is 2.31. The van der Waals surface area contributed by atoms with Crippen LogP contribution in [0.25, 0.3) is 0 Å². The molecule has 4 atom stereocenters. The van der Waals surface area contributed by atoms with E-state index in [0.29, 0.717) is 47.3 Å². The van der Waals surface area contributed by atoms with Crippen molar-refractivity contribution in [3.63, 3.8) is 0 Å². The Morgan fingerprint density at radius 2 is 1.62 bits per heavy atom. The van der Waals surface area contributed by atoms with Gasteiger partial charge in [0.1, 0.15) is 5.75 Å². The summed E-state index contributed by atoms with van der Waals surface area (Å²) in [5, 5.41) is 15.9. The summed E-state index contributed by atoms with van der Waals surface area (Å²) in [6.07, 6.45) is 9.03. The van der Waals surface area contributed by atoms with Gasteiger partial charge in [0.05, 0.1) is 30.4 Å². The van der Waals surface area contributed by atoms with Crippen LogP contribution in [0.15, 0.2) is 36.4 Å². The van der Waals surface area contributed by atoms with E-state index in [2.05, 4.69) is 29.5 Å². The number of amides is 3. The summed E-state index contributed by atoms with van der Waals surface area (Å²) in [4.78, 5) is 31.5. The summed E-state index contributed by atoms with van der Waals surface area (Å²) in [6, 6.07) is 9.39. The van der Waals surface area contributed by atoms with Gasteiger partial charge < -0.3 is 44.5 Å². The number of urea groups is 1. The molecule has 0 saturated heterocycles. The van der Waals surface area contributed by atoms with Gasteiger partial charge in [0.15, 0.2) is 11.5 Å². The minimum Gasteiger partial charge on any atom is -0.490 e. The first-order chi connectivity index (χ1) is 23.2. The molecule has 2 heterocycles. The van der Waals surface area contributed by atoms with Gasteiger partial charge in [-0.2, -0.15) is 0 Å². The summed E-state index contributed by atoms with van der Waals surface area (Å²) in [6.45, 7) is 8.85. The molecule has 1 saturated carbocycles. The highest BCUT2D eigenvalue weighted by molar-refractivity contribution is 6.02. The maximum atomic E-state index is 14.4. The van der Waals surface area contributed by atoms with Crippen LogP contribution < -0.4 is 24.8 Å². The van der Waals surface area contributed by atoms with Crippen LogP contribution in [0.2, 0.25) is 0 Å². The molecule has 2 aromatic carbocycles. The number of aliphatic hydroxyl groups is 1. The minimum atomic E-state index is -0.469. The van der Waals surface area contributed by atoms with Crippen LogP contribution in [0.5, 0.6) is 17.2 Å². The van der Waals surface area contributed by atoms with E-state index in [1.807, 2.05) is 13.8 Å². The monoisotopic (exact) mass is 666 g/mol. The van der Waals surface area contributed by atoms with Crippen molar-refractivity contribution in [2.45, 2.75) is 90.4 Å². The SMILES string of the molecule is C[C@@H]1CCCCO[C@@H](CN(C)CC2CCCCC2)[C@H](C)CN([C@H](C)CO)C(=O)c2cc(NC(=O)Nc3ccc4c(c3)OCO4)ccc2O1. The second-order valence-corrected chi connectivity index (χ2v) is 13.9. The van der Waals surface area contributed by atoms with Crippen molar-refractivity contribution in [2.24, 2.45) is 11.8 Å². The molecular formula is C37H54N4O7. The number of carbonyl (C=O) groups is 2. The maximum Gasteiger partial charge on any atom is 0.323 e. The Morgan fingerprint density at radius 3 is 2.38 bits per heavy atom. The minimum absolute atomic E-state index is 0.0109. The summed E-state index contributed by atoms with van der Waals surface area (Å²) in [5.41, 5.74) is 1.31. The van der Waals surface area contributed by atoms with E-state index in [0.717, 1.165) is 38.3 Å². The van der Waals surface area contributed by atoms with Gasteiger partial charge in [-0.3, -0.25) is 4.79 Å². The van der Waals surface area contributed by atoms with Gasteiger partial charge in [-0.1, -0.05) is 26.2 Å². The van der Waals surface area contributed by atoms with E-state index in [1.54, 1.807) is 41.3 Å². The number of ether oxygens (including phenoxy) is 4. The number of hydrogen-bond donors (Lipinski definition) is 3. The molecule has 0 spiro atoms. The third-order valence-electron chi connectivity index (χ3n) is 9.73. The number of aliphatic hydroxyl groups excluding tert-OH is 1. The molecule has 3 aliphatic rings. The third-order valence-corrected chi connectivity index (χ3v) is 9.73. The summed E-state index contributed by atoms with van der Waals surface area (Å²) >= 11 is 0. The zero-order chi connectivity index (χ0) is 34.0. The highest BCUT2D eigenvalue weighted by Crippen LogP contribution is 2.34. The second-order valence-electron chi connectivity index (χ2n) is 13.9. The molecule has 2 aromatic rings. The Labute approximate surface area is 285 Å². The van der Waals surface area contributed by atoms with E-state index < -0.39 is 12.1 Å². The molecule has 0 radical (unpaired) electrons. The first kappa shape index (κ1) is 35.8. The lowest BCUT2D eigenvalue weighted by molar-refractivity contribution is -0.0190. The molecular weight excluding hydrogens is 612 g/mol. The molecule has 5 rings (SSSR count). The Morgan fingerprint density at radius 1 is 0.938 bits per heavy atom. The molecule has 264 valence electrons. The first-order valence-electron chi connectivity index (χ1n) is 17.7. The predicted molar refractivity (Wildman–Crippen MR) is 186 cm³/mol. The fraction of sp³-hybridized carbons (Fsp3) is 0.622. The average molecular weight is 667 g/mol. The molecule has 11 heteroatoms. The van der Waals surface area contributed by atoms with Crippen molar-refractivity contribution in [3.8, 4) is 17.2 Å². The normalized spacial score (nSPS) is 23.2. The lowest BCUT2D eigenvalue weighted by Crippen LogP contribution is -2.47. The fourth-order valence-corrected chi connectivity index (χ4v) is 6.92. The molecule has 3 N–H and O–H groups in total. The molecule has 1 fully saturated rings. The van der Waals surface area contributed by atoms with Crippen molar-refractivity contribution < 1.29 is 33.6 Å². The molecule has 3 amide bonds. The van der Waals surface area contributed by atoms with Crippen LogP contribution in [0, 0.1) is 11.8 Å². The Kier molecular flexibility index (Phi) is 12.8. The largest absolute Gasteiger partial charge is 0.490 e. The molecule has 48 heavy (non-hydrogen) atoms. The number of anilines is 2. The van der Waals surface area contributed by atoms with Gasteiger partial charge >= 0.3 is 6.03 Å². The average Bonchev–Trinajstić information content (AvgIpc) is 3.54. The number of benzene rings is 2. The summed E-state index contributed by atoms with van der Waals surface area (Å²) < 4.78 is 23.7. The number of fused-ring (bicyclic) bond motifs is 2. The number of likely N-dealkylation sites (N-methyl/N-ethyl adjacent to an activating group) is 1. The maximum absolute atomic E-state index is 14.4. The van der Waals surface area contributed by atoms with E-state index >= 15 is 0 Å². The van der Waals surface area contributed by atoms with Gasteiger partial charge in [0, 0.05) is 49.6 Å². The van der Waals surface area contributed by atoms with E-state index in [4.69, 9.17) is 18.9 Å². The smallest absolute Gasteiger partial charge is 0.323 e. The van der Waals surface area contributed by atoms with Gasteiger partial charge in [-0.25, -0.2) is 4.79 Å². The summed E-state index contributed by atoms with van der Waals surface area (Å²) in [7, 11) is 2.18. The van der Waals surface area contributed by atoms with Crippen LogP contribution in [0.4, 0.5) is 16.2 Å². The number of rotatable bonds is 8. The lowest BCUT2D eigenvalue weighted by Gasteiger charge is -2.36. The second kappa shape index (κ2) is 17.2. The van der Waals surface area contributed by atoms with Crippen molar-refractivity contribution in [1.29, 1.82) is 0 Å². The van der Waals surface area contributed by atoms with Gasteiger partial charge in [-0.05, 0) is 89.2 Å². The Bertz CT molecular complexity index is 1370. The van der Waals surface area contributed by atoms with Crippen molar-refractivity contribution in [2.75, 3.05) is 57.3 Å². The van der Waals surface area contributed by atoms with Crippen LogP contribution in [-0.4, -0.2) is 91.8 Å². The zero-order valence-electron chi connectivity index (χ0n) is 29.0. The molecule has 0 aromatic heterocycles. The lowest BCUT2D eigenvalue weighted by atomic mass is 9.89. The van der Waals surface area contributed by atoms with E-state index in [1.165, 1.54) is 32.1 Å². The molecule has 11 nitrogen and oxygen atoms in total. The van der Waals surface area contributed by atoms with Crippen molar-refractivity contribution in [3.05, 3.63) is 42.0 Å². The van der Waals surface area contributed by atoms with Gasteiger partial charge in [0.25, 0.3) is 5.91 Å². The van der Waals surface area contributed by atoms with Crippen LogP contribution in [0.3, 0.4) is 0 Å². The Balaban J connectivity index is 1.35.